The van der Waals surface area contributed by atoms with Crippen molar-refractivity contribution in [1.29, 1.82) is 0 Å². The van der Waals surface area contributed by atoms with Gasteiger partial charge in [-0.3, -0.25) is 19.8 Å². The quantitative estimate of drug-likeness (QED) is 0.0810. The largest absolute Gasteiger partial charge is 0.468 e. The number of hydrogen-bond acceptors (Lipinski definition) is 13. The number of benzene rings is 3. The maximum absolute atomic E-state index is 14.6. The Bertz CT molecular complexity index is 2830. The summed E-state index contributed by atoms with van der Waals surface area (Å²) in [5.74, 6) is -0.232. The van der Waals surface area contributed by atoms with Gasteiger partial charge in [0, 0.05) is 68.3 Å². The molecule has 6 aliphatic rings. The summed E-state index contributed by atoms with van der Waals surface area (Å²) in [7, 11) is -4.59. The molecule has 7 heterocycles. The zero-order valence-corrected chi connectivity index (χ0v) is 38.2. The number of carbonyl (C=O) groups is 1. The zero-order valence-electron chi connectivity index (χ0n) is 37.4. The Morgan fingerprint density at radius 1 is 0.970 bits per heavy atom. The SMILES string of the molecule is C=Cc1ccccc1[C@@H]1CCCN1C1CC2(CCN(c3ccc(C(=O)NS(=O)(=O)c4ccc(NCC5CCOCC5)c([N+](=O)[O-])c4)c(N4c5cc6cc[nH]c6nc5O[C@H]5COC[C@@H]54)c3)CC2)C1. The Morgan fingerprint density at radius 2 is 1.79 bits per heavy atom. The summed E-state index contributed by atoms with van der Waals surface area (Å²) in [6.07, 6.45) is 11.9. The van der Waals surface area contributed by atoms with E-state index in [0.29, 0.717) is 68.0 Å². The minimum Gasteiger partial charge on any atom is -0.468 e. The molecular formula is C50H56N8O8S. The Labute approximate surface area is 389 Å². The number of piperidine rings is 1. The van der Waals surface area contributed by atoms with Crippen molar-refractivity contribution in [2.24, 2.45) is 11.3 Å². The number of fused-ring (bicyclic) bond motifs is 3. The van der Waals surface area contributed by atoms with Gasteiger partial charge in [0.15, 0.2) is 0 Å². The molecule has 4 saturated heterocycles. The number of aromatic amines is 1. The number of aromatic nitrogens is 2. The summed E-state index contributed by atoms with van der Waals surface area (Å²) < 4.78 is 48.2. The number of pyridine rings is 1. The van der Waals surface area contributed by atoms with E-state index in [1.54, 1.807) is 12.3 Å². The number of nitrogens with one attached hydrogen (secondary N) is 3. The van der Waals surface area contributed by atoms with E-state index in [4.69, 9.17) is 19.2 Å². The van der Waals surface area contributed by atoms with E-state index < -0.39 is 37.5 Å². The number of nitro groups is 1. The van der Waals surface area contributed by atoms with Gasteiger partial charge in [-0.25, -0.2) is 13.1 Å². The Balaban J connectivity index is 0.869. The summed E-state index contributed by atoms with van der Waals surface area (Å²) in [6.45, 7) is 9.25. The summed E-state index contributed by atoms with van der Waals surface area (Å²) in [4.78, 5) is 40.9. The maximum atomic E-state index is 14.6. The summed E-state index contributed by atoms with van der Waals surface area (Å²) in [5, 5.41) is 16.2. The van der Waals surface area contributed by atoms with E-state index in [0.717, 1.165) is 62.5 Å². The molecule has 1 spiro atoms. The Morgan fingerprint density at radius 3 is 2.60 bits per heavy atom. The molecule has 3 atom stereocenters. The van der Waals surface area contributed by atoms with Gasteiger partial charge in [-0.15, -0.1) is 0 Å². The second-order valence-corrected chi connectivity index (χ2v) is 20.8. The number of ether oxygens (including phenoxy) is 3. The van der Waals surface area contributed by atoms with Crippen LogP contribution in [0, 0.1) is 21.4 Å². The molecule has 1 saturated carbocycles. The van der Waals surface area contributed by atoms with Crippen LogP contribution in [0.5, 0.6) is 5.88 Å². The molecule has 17 heteroatoms. The first-order valence-corrected chi connectivity index (χ1v) is 25.1. The van der Waals surface area contributed by atoms with Gasteiger partial charge in [0.25, 0.3) is 21.6 Å². The standard InChI is InChI=1S/C50H56N8O8S/c1-2-33-6-3-4-7-38(33)41-8-5-19-56(41)36-27-50(28-36)16-20-55(21-17-50)35-9-11-39(42(25-35)57-44-24-34-13-18-51-47(34)53-49(44)66-46-31-65-30-45(46)57)48(59)54-67(62,63)37-10-12-40(43(26-37)58(60)61)52-29-32-14-22-64-23-15-32/h2-4,6-7,9-13,18,24-26,32,36,41,45-46,52H,1,5,8,14-17,19-23,27-31H2,(H,51,53)(H,54,59)/t41-,45-,46-/m0/s1. The lowest BCUT2D eigenvalue weighted by molar-refractivity contribution is -0.384. The average molecular weight is 929 g/mol. The van der Waals surface area contributed by atoms with Crippen LogP contribution in [0.15, 0.2) is 90.5 Å². The lowest BCUT2D eigenvalue weighted by Gasteiger charge is -2.56. The van der Waals surface area contributed by atoms with Crippen molar-refractivity contribution in [1.82, 2.24) is 19.6 Å². The summed E-state index contributed by atoms with van der Waals surface area (Å²) in [5.41, 5.74) is 5.47. The molecular weight excluding hydrogens is 873 g/mol. The first-order chi connectivity index (χ1) is 32.6. The summed E-state index contributed by atoms with van der Waals surface area (Å²) in [6, 6.07) is 22.4. The number of H-pyrrole nitrogens is 1. The monoisotopic (exact) mass is 928 g/mol. The van der Waals surface area contributed by atoms with Crippen LogP contribution in [0.2, 0.25) is 0 Å². The van der Waals surface area contributed by atoms with Gasteiger partial charge in [0.2, 0.25) is 5.88 Å². The van der Waals surface area contributed by atoms with Gasteiger partial charge >= 0.3 is 0 Å². The molecule has 3 N–H and O–H groups in total. The fraction of sp³-hybridized carbons (Fsp3) is 0.440. The lowest BCUT2D eigenvalue weighted by atomic mass is 9.59. The molecule has 11 rings (SSSR count). The Kier molecular flexibility index (Phi) is 11.4. The van der Waals surface area contributed by atoms with E-state index in [1.807, 2.05) is 35.2 Å². The molecule has 1 amide bonds. The number of sulfonamides is 1. The second kappa shape index (κ2) is 17.6. The van der Waals surface area contributed by atoms with Crippen molar-refractivity contribution in [3.63, 3.8) is 0 Å². The van der Waals surface area contributed by atoms with Gasteiger partial charge < -0.3 is 34.3 Å². The van der Waals surface area contributed by atoms with E-state index in [2.05, 4.69) is 55.7 Å². The average Bonchev–Trinajstić information content (AvgIpc) is 4.13. The number of anilines is 4. The molecule has 67 heavy (non-hydrogen) atoms. The van der Waals surface area contributed by atoms with E-state index >= 15 is 0 Å². The highest BCUT2D eigenvalue weighted by Crippen LogP contribution is 2.54. The highest BCUT2D eigenvalue weighted by Gasteiger charge is 2.50. The number of amides is 1. The smallest absolute Gasteiger partial charge is 0.293 e. The number of rotatable bonds is 12. The highest BCUT2D eigenvalue weighted by molar-refractivity contribution is 7.90. The van der Waals surface area contributed by atoms with Crippen molar-refractivity contribution < 1.29 is 32.3 Å². The summed E-state index contributed by atoms with van der Waals surface area (Å²) >= 11 is 0. The third kappa shape index (κ3) is 8.19. The molecule has 0 radical (unpaired) electrons. The number of nitro benzene ring substituents is 1. The molecule has 5 fully saturated rings. The topological polar surface area (TPSA) is 184 Å². The predicted octanol–water partition coefficient (Wildman–Crippen LogP) is 7.96. The first-order valence-electron chi connectivity index (χ1n) is 23.6. The molecule has 350 valence electrons. The predicted molar refractivity (Wildman–Crippen MR) is 256 cm³/mol. The van der Waals surface area contributed by atoms with Crippen LogP contribution in [0.25, 0.3) is 17.1 Å². The van der Waals surface area contributed by atoms with Crippen LogP contribution in [0.1, 0.15) is 78.9 Å². The van der Waals surface area contributed by atoms with Crippen LogP contribution in [-0.4, -0.2) is 105 Å². The number of carbonyl (C=O) groups excluding carboxylic acids is 1. The lowest BCUT2D eigenvalue weighted by Crippen LogP contribution is -2.55. The normalized spacial score (nSPS) is 23.1. The molecule has 3 aromatic carbocycles. The molecule has 2 aromatic heterocycles. The highest BCUT2D eigenvalue weighted by atomic mass is 32.2. The minimum absolute atomic E-state index is 0.109. The molecule has 16 nitrogen and oxygen atoms in total. The van der Waals surface area contributed by atoms with Gasteiger partial charge in [0.1, 0.15) is 23.1 Å². The first kappa shape index (κ1) is 43.6. The molecule has 0 unspecified atom stereocenters. The number of hydrogen-bond donors (Lipinski definition) is 3. The van der Waals surface area contributed by atoms with Crippen molar-refractivity contribution in [3.8, 4) is 5.88 Å². The van der Waals surface area contributed by atoms with E-state index in [1.165, 1.54) is 48.9 Å². The zero-order chi connectivity index (χ0) is 45.9. The van der Waals surface area contributed by atoms with Crippen molar-refractivity contribution in [2.45, 2.75) is 80.5 Å². The fourth-order valence-electron chi connectivity index (χ4n) is 11.6. The van der Waals surface area contributed by atoms with Gasteiger partial charge in [-0.1, -0.05) is 36.9 Å². The van der Waals surface area contributed by atoms with Gasteiger partial charge in [0.05, 0.1) is 40.3 Å². The van der Waals surface area contributed by atoms with Crippen LogP contribution in [-0.2, 0) is 19.5 Å². The van der Waals surface area contributed by atoms with Crippen molar-refractivity contribution in [3.05, 3.63) is 112 Å². The number of nitrogens with zero attached hydrogens (tertiary/aromatic N) is 5. The van der Waals surface area contributed by atoms with Gasteiger partial charge in [-0.2, -0.15) is 4.98 Å². The van der Waals surface area contributed by atoms with Crippen LogP contribution < -0.4 is 24.6 Å². The molecule has 1 aliphatic carbocycles. The molecule has 5 aromatic rings. The molecule has 0 bridgehead atoms. The molecule has 5 aliphatic heterocycles. The van der Waals surface area contributed by atoms with Crippen LogP contribution in [0.4, 0.5) is 28.4 Å². The second-order valence-electron chi connectivity index (χ2n) is 19.1. The number of likely N-dealkylation sites (tertiary alicyclic amines) is 1. The van der Waals surface area contributed by atoms with Gasteiger partial charge in [-0.05, 0) is 123 Å². The fourth-order valence-corrected chi connectivity index (χ4v) is 12.6. The Hall–Kier alpha value is -6.01. The minimum atomic E-state index is -4.59. The maximum Gasteiger partial charge on any atom is 0.293 e. The van der Waals surface area contributed by atoms with Crippen LogP contribution in [0.3, 0.4) is 0 Å². The van der Waals surface area contributed by atoms with E-state index in [-0.39, 0.29) is 28.6 Å². The van der Waals surface area contributed by atoms with Crippen molar-refractivity contribution >= 4 is 61.5 Å². The third-order valence-corrected chi connectivity index (χ3v) is 16.6. The third-order valence-electron chi connectivity index (χ3n) is 15.3. The van der Waals surface area contributed by atoms with E-state index in [9.17, 15) is 23.3 Å². The van der Waals surface area contributed by atoms with Crippen LogP contribution >= 0.6 is 0 Å². The van der Waals surface area contributed by atoms with Crippen molar-refractivity contribution in [2.75, 3.05) is 67.7 Å².